The van der Waals surface area contributed by atoms with Crippen molar-refractivity contribution in [1.29, 1.82) is 5.26 Å². The number of thioether (sulfide) groups is 1. The fraction of sp³-hybridized carbons (Fsp3) is 0.611. The number of pyridine rings is 1. The summed E-state index contributed by atoms with van der Waals surface area (Å²) in [6, 6.07) is 1.89. The molecule has 1 aromatic rings. The van der Waals surface area contributed by atoms with E-state index >= 15 is 0 Å². The number of nitriles is 1. The molecule has 1 aliphatic carbocycles. The Morgan fingerprint density at radius 1 is 1.32 bits per heavy atom. The summed E-state index contributed by atoms with van der Waals surface area (Å²) >= 11 is 1.02. The van der Waals surface area contributed by atoms with Crippen LogP contribution in [0.25, 0.3) is 0 Å². The number of hydrogen-bond acceptors (Lipinski definition) is 5. The van der Waals surface area contributed by atoms with E-state index < -0.39 is 17.6 Å². The molecule has 0 aromatic carbocycles. The van der Waals surface area contributed by atoms with Crippen LogP contribution in [0.1, 0.15) is 68.3 Å². The molecule has 25 heavy (non-hydrogen) atoms. The van der Waals surface area contributed by atoms with Crippen LogP contribution in [0.2, 0.25) is 0 Å². The molecule has 0 aliphatic heterocycles. The predicted octanol–water partition coefficient (Wildman–Crippen LogP) is 4.59. The Morgan fingerprint density at radius 2 is 2.00 bits per heavy atom. The summed E-state index contributed by atoms with van der Waals surface area (Å²) in [5.74, 6) is -0.441. The fourth-order valence-electron chi connectivity index (χ4n) is 3.01. The number of ether oxygens (including phenoxy) is 1. The highest BCUT2D eigenvalue weighted by molar-refractivity contribution is 8.00. The molecule has 1 atom stereocenters. The number of aromatic nitrogens is 1. The van der Waals surface area contributed by atoms with Crippen LogP contribution in [-0.2, 0) is 22.4 Å². The minimum Gasteiger partial charge on any atom is -0.465 e. The third-order valence-electron chi connectivity index (χ3n) is 4.22. The summed E-state index contributed by atoms with van der Waals surface area (Å²) in [4.78, 5) is 16.4. The van der Waals surface area contributed by atoms with E-state index in [0.29, 0.717) is 24.1 Å². The van der Waals surface area contributed by atoms with Crippen LogP contribution >= 0.6 is 11.8 Å². The maximum atomic E-state index is 13.8. The number of nitrogens with zero attached hydrogens (tertiary/aromatic N) is 2. The summed E-state index contributed by atoms with van der Waals surface area (Å²) in [5, 5.41) is 9.07. The van der Waals surface area contributed by atoms with Crippen molar-refractivity contribution in [2.75, 3.05) is 6.61 Å². The van der Waals surface area contributed by atoms with Crippen LogP contribution in [0.3, 0.4) is 0 Å². The Morgan fingerprint density at radius 3 is 2.60 bits per heavy atom. The van der Waals surface area contributed by atoms with Gasteiger partial charge in [0.2, 0.25) is 0 Å². The van der Waals surface area contributed by atoms with Crippen molar-refractivity contribution in [1.82, 2.24) is 4.98 Å². The van der Waals surface area contributed by atoms with Crippen molar-refractivity contribution in [2.45, 2.75) is 69.1 Å². The summed E-state index contributed by atoms with van der Waals surface area (Å²) in [6.45, 7) is 3.58. The molecule has 7 heteroatoms. The maximum Gasteiger partial charge on any atom is 0.319 e. The molecule has 136 valence electrons. The predicted molar refractivity (Wildman–Crippen MR) is 91.7 cm³/mol. The lowest BCUT2D eigenvalue weighted by Crippen LogP contribution is -2.18. The second kappa shape index (κ2) is 9.14. The highest BCUT2D eigenvalue weighted by Crippen LogP contribution is 2.37. The van der Waals surface area contributed by atoms with Crippen LogP contribution in [0, 0.1) is 11.3 Å². The molecule has 0 N–H and O–H groups in total. The SMILES string of the molecule is CCOC(=O)C(C)Sc1nc2c(c(C(F)F)c1C#N)CCCCCC2. The highest BCUT2D eigenvalue weighted by atomic mass is 32.2. The Balaban J connectivity index is 2.49. The normalized spacial score (nSPS) is 15.7. The molecule has 0 bridgehead atoms. The topological polar surface area (TPSA) is 63.0 Å². The lowest BCUT2D eigenvalue weighted by Gasteiger charge is -2.20. The summed E-state index contributed by atoms with van der Waals surface area (Å²) in [7, 11) is 0. The Kier molecular flexibility index (Phi) is 7.18. The minimum absolute atomic E-state index is 0.101. The zero-order valence-corrected chi connectivity index (χ0v) is 15.3. The lowest BCUT2D eigenvalue weighted by molar-refractivity contribution is -0.142. The van der Waals surface area contributed by atoms with Crippen molar-refractivity contribution < 1.29 is 18.3 Å². The zero-order valence-electron chi connectivity index (χ0n) is 14.5. The van der Waals surface area contributed by atoms with Gasteiger partial charge in [0.05, 0.1) is 12.2 Å². The number of hydrogen-bond donors (Lipinski definition) is 0. The summed E-state index contributed by atoms with van der Waals surface area (Å²) in [5.41, 5.74) is 0.871. The van der Waals surface area contributed by atoms with Crippen molar-refractivity contribution >= 4 is 17.7 Å². The smallest absolute Gasteiger partial charge is 0.319 e. The Hall–Kier alpha value is -1.68. The molecule has 4 nitrogen and oxygen atoms in total. The van der Waals surface area contributed by atoms with E-state index in [4.69, 9.17) is 4.74 Å². The average molecular weight is 368 g/mol. The van der Waals surface area contributed by atoms with Gasteiger partial charge in [-0.25, -0.2) is 13.8 Å². The summed E-state index contributed by atoms with van der Waals surface area (Å²) in [6.07, 6.45) is 2.18. The van der Waals surface area contributed by atoms with Gasteiger partial charge in [-0.2, -0.15) is 5.26 Å². The van der Waals surface area contributed by atoms with E-state index in [1.807, 2.05) is 6.07 Å². The Labute approximate surface area is 151 Å². The molecule has 2 rings (SSSR count). The van der Waals surface area contributed by atoms with Crippen LogP contribution in [0.5, 0.6) is 0 Å². The molecule has 1 aliphatic rings. The van der Waals surface area contributed by atoms with Gasteiger partial charge in [-0.3, -0.25) is 4.79 Å². The first-order chi connectivity index (χ1) is 12.0. The van der Waals surface area contributed by atoms with E-state index in [-0.39, 0.29) is 22.8 Å². The third-order valence-corrected chi connectivity index (χ3v) is 5.29. The molecule has 1 unspecified atom stereocenters. The van der Waals surface area contributed by atoms with Crippen molar-refractivity contribution in [2.24, 2.45) is 0 Å². The molecular weight excluding hydrogens is 346 g/mol. The second-order valence-electron chi connectivity index (χ2n) is 5.97. The van der Waals surface area contributed by atoms with Crippen molar-refractivity contribution in [3.8, 4) is 6.07 Å². The third kappa shape index (κ3) is 4.69. The number of fused-ring (bicyclic) bond motifs is 1. The molecular formula is C18H22F2N2O2S. The monoisotopic (exact) mass is 368 g/mol. The number of esters is 1. The molecule has 0 spiro atoms. The van der Waals surface area contributed by atoms with Gasteiger partial charge >= 0.3 is 5.97 Å². The van der Waals surface area contributed by atoms with E-state index in [1.54, 1.807) is 13.8 Å². The van der Waals surface area contributed by atoms with Gasteiger partial charge in [-0.05, 0) is 45.1 Å². The van der Waals surface area contributed by atoms with Gasteiger partial charge in [-0.1, -0.05) is 24.6 Å². The van der Waals surface area contributed by atoms with Gasteiger partial charge in [0.25, 0.3) is 6.43 Å². The average Bonchev–Trinajstić information content (AvgIpc) is 2.55. The van der Waals surface area contributed by atoms with Gasteiger partial charge in [-0.15, -0.1) is 0 Å². The van der Waals surface area contributed by atoms with Crippen LogP contribution in [-0.4, -0.2) is 22.8 Å². The first-order valence-corrected chi connectivity index (χ1v) is 9.44. The van der Waals surface area contributed by atoms with E-state index in [1.165, 1.54) is 0 Å². The van der Waals surface area contributed by atoms with Crippen LogP contribution < -0.4 is 0 Å². The van der Waals surface area contributed by atoms with E-state index in [2.05, 4.69) is 4.98 Å². The highest BCUT2D eigenvalue weighted by Gasteiger charge is 2.28. The Bertz CT molecular complexity index is 674. The van der Waals surface area contributed by atoms with Gasteiger partial charge < -0.3 is 4.74 Å². The summed E-state index contributed by atoms with van der Waals surface area (Å²) < 4.78 is 32.5. The van der Waals surface area contributed by atoms with E-state index in [9.17, 15) is 18.8 Å². The molecule has 0 saturated carbocycles. The lowest BCUT2D eigenvalue weighted by atomic mass is 9.92. The first kappa shape index (κ1) is 19.6. The molecule has 0 fully saturated rings. The largest absolute Gasteiger partial charge is 0.465 e. The van der Waals surface area contributed by atoms with E-state index in [0.717, 1.165) is 37.4 Å². The standard InChI is InChI=1S/C18H22F2N2O2S/c1-3-24-18(23)11(2)25-17-13(10-21)15(16(19)20)12-8-6-4-5-7-9-14(12)22-17/h11,16H,3-9H2,1-2H3. The number of carbonyl (C=O) groups excluding carboxylic acids is 1. The van der Waals surface area contributed by atoms with Gasteiger partial charge in [0.1, 0.15) is 16.3 Å². The quantitative estimate of drug-likeness (QED) is 0.562. The zero-order chi connectivity index (χ0) is 18.4. The molecule has 0 amide bonds. The number of aryl methyl sites for hydroxylation is 1. The van der Waals surface area contributed by atoms with Gasteiger partial charge in [0, 0.05) is 11.3 Å². The first-order valence-electron chi connectivity index (χ1n) is 8.56. The van der Waals surface area contributed by atoms with Crippen molar-refractivity contribution in [3.05, 3.63) is 22.4 Å². The number of rotatable bonds is 5. The molecule has 1 aromatic heterocycles. The molecule has 1 heterocycles. The van der Waals surface area contributed by atoms with Crippen LogP contribution in [0.4, 0.5) is 8.78 Å². The maximum absolute atomic E-state index is 13.8. The second-order valence-corrected chi connectivity index (χ2v) is 7.30. The number of halogens is 2. The molecule has 0 radical (unpaired) electrons. The molecule has 0 saturated heterocycles. The van der Waals surface area contributed by atoms with Crippen molar-refractivity contribution in [3.63, 3.8) is 0 Å². The number of carbonyl (C=O) groups is 1. The van der Waals surface area contributed by atoms with Gasteiger partial charge in [0.15, 0.2) is 0 Å². The fourth-order valence-corrected chi connectivity index (χ4v) is 3.95. The minimum atomic E-state index is -2.73. The number of alkyl halides is 2. The van der Waals surface area contributed by atoms with Crippen LogP contribution in [0.15, 0.2) is 5.03 Å².